The maximum Gasteiger partial charge on any atom is 0.149 e. The molecule has 184 valence electrons. The van der Waals surface area contributed by atoms with Crippen molar-refractivity contribution in [1.29, 1.82) is 0 Å². The average Bonchev–Trinajstić information content (AvgIpc) is 2.90. The number of anilines is 1. The molecule has 0 bridgehead atoms. The second-order valence-corrected chi connectivity index (χ2v) is 8.48. The van der Waals surface area contributed by atoms with Gasteiger partial charge in [-0.15, -0.1) is 5.10 Å². The van der Waals surface area contributed by atoms with Gasteiger partial charge in [0.25, 0.3) is 0 Å². The van der Waals surface area contributed by atoms with Crippen LogP contribution >= 0.6 is 0 Å². The van der Waals surface area contributed by atoms with Crippen LogP contribution in [0.3, 0.4) is 0 Å². The van der Waals surface area contributed by atoms with E-state index in [-0.39, 0.29) is 0 Å². The van der Waals surface area contributed by atoms with E-state index in [0.717, 1.165) is 41.4 Å². The number of ether oxygens (including phenoxy) is 1. The van der Waals surface area contributed by atoms with E-state index in [1.807, 2.05) is 60.2 Å². The van der Waals surface area contributed by atoms with Crippen LogP contribution in [0.15, 0.2) is 77.5 Å². The topological polar surface area (TPSA) is 63.0 Å². The zero-order valence-corrected chi connectivity index (χ0v) is 21.2. The summed E-state index contributed by atoms with van der Waals surface area (Å²) in [4.78, 5) is 20.5. The van der Waals surface area contributed by atoms with Crippen LogP contribution in [-0.2, 0) is 11.2 Å². The van der Waals surface area contributed by atoms with Crippen LogP contribution in [0.4, 0.5) is 5.82 Å². The number of hydrogen-bond donors (Lipinski definition) is 0. The van der Waals surface area contributed by atoms with Gasteiger partial charge >= 0.3 is 0 Å². The van der Waals surface area contributed by atoms with E-state index < -0.39 is 0 Å². The van der Waals surface area contributed by atoms with E-state index >= 15 is 0 Å². The molecule has 1 aliphatic heterocycles. The Hall–Kier alpha value is -3.83. The Morgan fingerprint density at radius 3 is 2.60 bits per heavy atom. The summed E-state index contributed by atoms with van der Waals surface area (Å²) < 4.78 is 7.27. The molecule has 2 aromatic rings. The summed E-state index contributed by atoms with van der Waals surface area (Å²) in [6.07, 6.45) is 7.32. The third kappa shape index (κ3) is 6.61. The minimum absolute atomic E-state index is 0.498. The summed E-state index contributed by atoms with van der Waals surface area (Å²) in [7, 11) is 3.41. The van der Waals surface area contributed by atoms with Crippen LogP contribution in [0.2, 0.25) is 0 Å². The molecule has 0 saturated carbocycles. The minimum Gasteiger partial charge on any atom is -0.496 e. The molecule has 1 aliphatic rings. The maximum atomic E-state index is 11.8. The van der Waals surface area contributed by atoms with Gasteiger partial charge in [-0.25, -0.2) is 9.48 Å². The number of piperazine rings is 1. The van der Waals surface area contributed by atoms with E-state index in [1.165, 1.54) is 5.57 Å². The highest BCUT2D eigenvalue weighted by Gasteiger charge is 2.22. The van der Waals surface area contributed by atoms with Gasteiger partial charge in [0.1, 0.15) is 28.7 Å². The fourth-order valence-corrected chi connectivity index (χ4v) is 4.14. The number of rotatable bonds is 9. The van der Waals surface area contributed by atoms with Gasteiger partial charge < -0.3 is 14.5 Å². The monoisotopic (exact) mass is 473 g/mol. The highest BCUT2D eigenvalue weighted by Crippen LogP contribution is 2.23. The molecule has 0 atom stereocenters. The van der Waals surface area contributed by atoms with E-state index in [9.17, 15) is 4.79 Å². The summed E-state index contributed by atoms with van der Waals surface area (Å²) in [5.74, 6) is 3.82. The van der Waals surface area contributed by atoms with Crippen LogP contribution < -0.4 is 15.1 Å². The van der Waals surface area contributed by atoms with Crippen molar-refractivity contribution in [2.45, 2.75) is 26.7 Å². The van der Waals surface area contributed by atoms with Gasteiger partial charge in [0, 0.05) is 57.3 Å². The summed E-state index contributed by atoms with van der Waals surface area (Å²) in [6.45, 7) is 11.3. The van der Waals surface area contributed by atoms with E-state index in [2.05, 4.69) is 40.3 Å². The van der Waals surface area contributed by atoms with Crippen molar-refractivity contribution in [3.63, 3.8) is 0 Å². The summed E-state index contributed by atoms with van der Waals surface area (Å²) >= 11 is 0. The average molecular weight is 474 g/mol. The molecule has 1 aromatic heterocycles. The molecule has 2 heterocycles. The Morgan fingerprint density at radius 1 is 1.20 bits per heavy atom. The molecule has 0 radical (unpaired) electrons. The highest BCUT2D eigenvalue weighted by atomic mass is 16.5. The van der Waals surface area contributed by atoms with Crippen molar-refractivity contribution in [2.24, 2.45) is 4.99 Å². The molecule has 0 unspecified atom stereocenters. The fourth-order valence-electron chi connectivity index (χ4n) is 4.14. The number of aromatic nitrogens is 2. The van der Waals surface area contributed by atoms with Crippen LogP contribution in [0.25, 0.3) is 5.70 Å². The van der Waals surface area contributed by atoms with Crippen LogP contribution in [0.5, 0.6) is 5.75 Å². The number of para-hydroxylation sites is 1. The van der Waals surface area contributed by atoms with Gasteiger partial charge in [0.15, 0.2) is 0 Å². The second-order valence-electron chi connectivity index (χ2n) is 8.48. The molecule has 7 nitrogen and oxygen atoms in total. The third-order valence-electron chi connectivity index (χ3n) is 6.04. The molecule has 1 saturated heterocycles. The van der Waals surface area contributed by atoms with Gasteiger partial charge in [0.05, 0.1) is 7.11 Å². The van der Waals surface area contributed by atoms with Gasteiger partial charge in [-0.2, -0.15) is 0 Å². The highest BCUT2D eigenvalue weighted by molar-refractivity contribution is 5.55. The molecule has 7 heteroatoms. The summed E-state index contributed by atoms with van der Waals surface area (Å²) in [5.41, 5.74) is 4.46. The number of methoxy groups -OCH3 is 1. The van der Waals surface area contributed by atoms with E-state index in [0.29, 0.717) is 31.6 Å². The largest absolute Gasteiger partial charge is 0.496 e. The summed E-state index contributed by atoms with van der Waals surface area (Å²) in [6, 6.07) is 11.7. The molecule has 3 rings (SSSR count). The van der Waals surface area contributed by atoms with E-state index in [1.54, 1.807) is 14.2 Å². The smallest absolute Gasteiger partial charge is 0.149 e. The first kappa shape index (κ1) is 25.8. The lowest BCUT2D eigenvalue weighted by Gasteiger charge is -2.37. The van der Waals surface area contributed by atoms with Crippen molar-refractivity contribution in [1.82, 2.24) is 14.7 Å². The van der Waals surface area contributed by atoms with Crippen molar-refractivity contribution >= 4 is 17.5 Å². The van der Waals surface area contributed by atoms with Crippen LogP contribution in [0.1, 0.15) is 25.8 Å². The van der Waals surface area contributed by atoms with Gasteiger partial charge in [-0.05, 0) is 32.0 Å². The number of benzene rings is 1. The number of carbonyl (C=O) groups excluding carboxylic acids is 1. The first-order chi connectivity index (χ1) is 17.0. The van der Waals surface area contributed by atoms with Gasteiger partial charge in [-0.3, -0.25) is 4.99 Å². The lowest BCUT2D eigenvalue weighted by molar-refractivity contribution is 0.314. The molecular formula is C28H35N5O2. The second kappa shape index (κ2) is 12.6. The maximum absolute atomic E-state index is 11.8. The Kier molecular flexibility index (Phi) is 9.27. The Morgan fingerprint density at radius 2 is 1.94 bits per heavy atom. The molecule has 0 N–H and O–H groups in total. The van der Waals surface area contributed by atoms with Gasteiger partial charge in [0.2, 0.25) is 0 Å². The number of allylic oxidation sites excluding steroid dienone is 6. The molecule has 0 aliphatic carbocycles. The molecule has 0 spiro atoms. The predicted molar refractivity (Wildman–Crippen MR) is 142 cm³/mol. The predicted octanol–water partition coefficient (Wildman–Crippen LogP) is 3.89. The number of nitrogens with zero attached hydrogens (tertiary/aromatic N) is 5. The van der Waals surface area contributed by atoms with Crippen molar-refractivity contribution in [2.75, 3.05) is 45.2 Å². The molecule has 1 fully saturated rings. The SMILES string of the molecule is C=C(C/C(C)=C/C=C\C)n1nc(N2CCN(C(=C=O)Cc3ccccc3OC)CC2)ccc1=NC. The molecule has 35 heavy (non-hydrogen) atoms. The first-order valence-corrected chi connectivity index (χ1v) is 11.9. The standard InChI is InChI=1S/C28H35N5O2/c1-6-7-10-22(2)19-23(3)33-27(29-4)13-14-28(30-33)32-17-15-31(16-18-32)25(21-34)20-24-11-8-9-12-26(24)35-5/h6-14H,3,15-20H2,1-2,4-5H3/b7-6-,22-10+,29-27?. The van der Waals surface area contributed by atoms with Gasteiger partial charge in [-0.1, -0.05) is 48.6 Å². The zero-order chi connectivity index (χ0) is 25.2. The van der Waals surface area contributed by atoms with Crippen molar-refractivity contribution in [3.05, 3.63) is 83.5 Å². The van der Waals surface area contributed by atoms with Crippen LogP contribution in [-0.4, -0.2) is 61.0 Å². The van der Waals surface area contributed by atoms with Crippen LogP contribution in [0, 0.1) is 0 Å². The zero-order valence-electron chi connectivity index (χ0n) is 21.2. The lowest BCUT2D eigenvalue weighted by Crippen LogP contribution is -2.47. The van der Waals surface area contributed by atoms with E-state index in [4.69, 9.17) is 9.84 Å². The quantitative estimate of drug-likeness (QED) is 0.409. The number of hydrogen-bond acceptors (Lipinski definition) is 6. The first-order valence-electron chi connectivity index (χ1n) is 11.9. The third-order valence-corrected chi connectivity index (χ3v) is 6.04. The fraction of sp³-hybridized carbons (Fsp3) is 0.357. The minimum atomic E-state index is 0.498. The normalized spacial score (nSPS) is 14.9. The Labute approximate surface area is 208 Å². The molecule has 1 aromatic carbocycles. The molecular weight excluding hydrogens is 438 g/mol. The van der Waals surface area contributed by atoms with Crippen molar-refractivity contribution < 1.29 is 9.53 Å². The van der Waals surface area contributed by atoms with Crippen molar-refractivity contribution in [3.8, 4) is 5.75 Å². The molecule has 0 amide bonds. The summed E-state index contributed by atoms with van der Waals surface area (Å²) in [5, 5.41) is 4.87. The lowest BCUT2D eigenvalue weighted by atomic mass is 10.1. The Balaban J connectivity index is 1.71. The Bertz CT molecular complexity index is 1210.